The molecule has 2 rings (SSSR count). The van der Waals surface area contributed by atoms with Crippen LogP contribution in [0.3, 0.4) is 0 Å². The molecule has 1 aliphatic heterocycles. The molecule has 0 aromatic carbocycles. The number of anilines is 1. The summed E-state index contributed by atoms with van der Waals surface area (Å²) in [6, 6.07) is 3.48. The summed E-state index contributed by atoms with van der Waals surface area (Å²) in [5, 5.41) is 11.3. The zero-order valence-electron chi connectivity index (χ0n) is 8.24. The lowest BCUT2D eigenvalue weighted by atomic mass is 9.94. The summed E-state index contributed by atoms with van der Waals surface area (Å²) in [7, 11) is 0. The highest BCUT2D eigenvalue weighted by atomic mass is 79.9. The number of aromatic nitrogens is 1. The van der Waals surface area contributed by atoms with Crippen LogP contribution in [-0.4, -0.2) is 22.0 Å². The number of nitrogens with zero attached hydrogens (tertiary/aromatic N) is 1. The lowest BCUT2D eigenvalue weighted by Gasteiger charge is -2.22. The molecule has 0 fully saturated rings. The molecular formula is C10H9BrN2O3. The molecule has 0 spiro atoms. The Bertz CT molecular complexity index is 461. The number of aliphatic carboxylic acids is 1. The van der Waals surface area contributed by atoms with Crippen molar-refractivity contribution in [2.45, 2.75) is 12.8 Å². The molecule has 84 valence electrons. The van der Waals surface area contributed by atoms with Crippen molar-refractivity contribution in [3.63, 3.8) is 0 Å². The molecule has 0 radical (unpaired) electrons. The van der Waals surface area contributed by atoms with Crippen LogP contribution in [-0.2, 0) is 16.0 Å². The summed E-state index contributed by atoms with van der Waals surface area (Å²) in [4.78, 5) is 26.4. The molecule has 1 unspecified atom stereocenters. The molecule has 0 saturated heterocycles. The number of halogens is 1. The molecule has 2 N–H and O–H groups in total. The number of pyridine rings is 1. The Hall–Kier alpha value is -1.43. The predicted molar refractivity (Wildman–Crippen MR) is 60.0 cm³/mol. The maximum absolute atomic E-state index is 11.6. The van der Waals surface area contributed by atoms with E-state index in [1.807, 2.05) is 0 Å². The minimum absolute atomic E-state index is 0.167. The Labute approximate surface area is 100 Å². The van der Waals surface area contributed by atoms with Gasteiger partial charge in [0.1, 0.15) is 4.60 Å². The predicted octanol–water partition coefficient (Wildman–Crippen LogP) is 1.43. The number of hydrogen-bond acceptors (Lipinski definition) is 3. The number of carbonyl (C=O) groups excluding carboxylic acids is 1. The summed E-state index contributed by atoms with van der Waals surface area (Å²) in [5.41, 5.74) is 1.38. The van der Waals surface area contributed by atoms with Gasteiger partial charge in [-0.25, -0.2) is 4.98 Å². The van der Waals surface area contributed by atoms with Gasteiger partial charge in [-0.05, 0) is 28.1 Å². The number of hydrogen-bond donors (Lipinski definition) is 2. The summed E-state index contributed by atoms with van der Waals surface area (Å²) in [6.45, 7) is 0. The molecule has 1 aromatic heterocycles. The second kappa shape index (κ2) is 4.21. The summed E-state index contributed by atoms with van der Waals surface area (Å²) >= 11 is 3.24. The van der Waals surface area contributed by atoms with E-state index in [4.69, 9.17) is 5.11 Å². The largest absolute Gasteiger partial charge is 0.481 e. The van der Waals surface area contributed by atoms with Gasteiger partial charge < -0.3 is 10.4 Å². The minimum Gasteiger partial charge on any atom is -0.481 e. The average Bonchev–Trinajstić information content (AvgIpc) is 2.19. The number of amides is 1. The molecule has 1 aliphatic rings. The van der Waals surface area contributed by atoms with Crippen LogP contribution in [0.1, 0.15) is 12.1 Å². The number of carboxylic acid groups (broad SMARTS) is 1. The molecule has 1 atom stereocenters. The van der Waals surface area contributed by atoms with Crippen molar-refractivity contribution < 1.29 is 14.7 Å². The first-order valence-electron chi connectivity index (χ1n) is 4.74. The van der Waals surface area contributed by atoms with Crippen molar-refractivity contribution in [2.75, 3.05) is 5.32 Å². The molecule has 0 aliphatic carbocycles. The van der Waals surface area contributed by atoms with Crippen molar-refractivity contribution in [1.29, 1.82) is 0 Å². The molecule has 6 heteroatoms. The average molecular weight is 285 g/mol. The van der Waals surface area contributed by atoms with E-state index in [0.717, 1.165) is 5.69 Å². The fraction of sp³-hybridized carbons (Fsp3) is 0.300. The van der Waals surface area contributed by atoms with Gasteiger partial charge in [0.25, 0.3) is 0 Å². The summed E-state index contributed by atoms with van der Waals surface area (Å²) < 4.78 is 0.677. The zero-order valence-corrected chi connectivity index (χ0v) is 9.82. The monoisotopic (exact) mass is 284 g/mol. The van der Waals surface area contributed by atoms with Crippen molar-refractivity contribution in [3.05, 3.63) is 22.4 Å². The van der Waals surface area contributed by atoms with Crippen LogP contribution in [0.4, 0.5) is 5.69 Å². The van der Waals surface area contributed by atoms with Gasteiger partial charge in [-0.15, -0.1) is 0 Å². The Balaban J connectivity index is 2.26. The van der Waals surface area contributed by atoms with Gasteiger partial charge in [0.15, 0.2) is 0 Å². The summed E-state index contributed by atoms with van der Waals surface area (Å²) in [5.74, 6) is -1.76. The number of carbonyl (C=O) groups is 2. The second-order valence-corrected chi connectivity index (χ2v) is 4.43. The fourth-order valence-electron chi connectivity index (χ4n) is 1.68. The van der Waals surface area contributed by atoms with Crippen molar-refractivity contribution in [2.24, 2.45) is 5.92 Å². The number of carboxylic acids is 1. The second-order valence-electron chi connectivity index (χ2n) is 3.62. The van der Waals surface area contributed by atoms with Crippen LogP contribution >= 0.6 is 15.9 Å². The number of fused-ring (bicyclic) bond motifs is 1. The Morgan fingerprint density at radius 1 is 1.62 bits per heavy atom. The third kappa shape index (κ3) is 2.21. The molecule has 0 saturated carbocycles. The van der Waals surface area contributed by atoms with Crippen molar-refractivity contribution in [3.8, 4) is 0 Å². The Kier molecular flexibility index (Phi) is 2.91. The smallest absolute Gasteiger partial charge is 0.304 e. The van der Waals surface area contributed by atoms with Crippen LogP contribution in [0, 0.1) is 5.92 Å². The Morgan fingerprint density at radius 3 is 3.06 bits per heavy atom. The first-order valence-corrected chi connectivity index (χ1v) is 5.53. The van der Waals surface area contributed by atoms with Gasteiger partial charge in [-0.2, -0.15) is 0 Å². The van der Waals surface area contributed by atoms with Crippen LogP contribution in [0.2, 0.25) is 0 Å². The van der Waals surface area contributed by atoms with Crippen LogP contribution in [0.5, 0.6) is 0 Å². The molecule has 5 nitrogen and oxygen atoms in total. The zero-order chi connectivity index (χ0) is 11.7. The molecule has 1 amide bonds. The number of nitrogens with one attached hydrogen (secondary N) is 1. The summed E-state index contributed by atoms with van der Waals surface area (Å²) in [6.07, 6.45) is 0.201. The van der Waals surface area contributed by atoms with E-state index in [-0.39, 0.29) is 12.3 Å². The molecular weight excluding hydrogens is 276 g/mol. The SMILES string of the molecule is O=C(O)CC1Cc2nc(Br)ccc2NC1=O. The first-order chi connectivity index (χ1) is 7.56. The quantitative estimate of drug-likeness (QED) is 0.806. The highest BCUT2D eigenvalue weighted by molar-refractivity contribution is 9.10. The third-order valence-corrected chi connectivity index (χ3v) is 2.87. The van der Waals surface area contributed by atoms with Gasteiger partial charge in [-0.3, -0.25) is 9.59 Å². The van der Waals surface area contributed by atoms with E-state index in [9.17, 15) is 9.59 Å². The van der Waals surface area contributed by atoms with Crippen LogP contribution in [0.15, 0.2) is 16.7 Å². The highest BCUT2D eigenvalue weighted by Crippen LogP contribution is 2.27. The van der Waals surface area contributed by atoms with Crippen molar-refractivity contribution in [1.82, 2.24) is 4.98 Å². The van der Waals surface area contributed by atoms with Gasteiger partial charge >= 0.3 is 5.97 Å². The molecule has 1 aromatic rings. The van der Waals surface area contributed by atoms with Crippen LogP contribution in [0.25, 0.3) is 0 Å². The fourth-order valence-corrected chi connectivity index (χ4v) is 2.03. The van der Waals surface area contributed by atoms with E-state index in [1.54, 1.807) is 12.1 Å². The first kappa shape index (κ1) is 11.1. The lowest BCUT2D eigenvalue weighted by Crippen LogP contribution is -2.32. The van der Waals surface area contributed by atoms with Gasteiger partial charge in [-0.1, -0.05) is 0 Å². The van der Waals surface area contributed by atoms with Gasteiger partial charge in [0, 0.05) is 6.42 Å². The minimum atomic E-state index is -0.974. The normalized spacial score (nSPS) is 18.8. The molecule has 0 bridgehead atoms. The maximum Gasteiger partial charge on any atom is 0.304 e. The Morgan fingerprint density at radius 2 is 2.38 bits per heavy atom. The van der Waals surface area contributed by atoms with E-state index in [1.165, 1.54) is 0 Å². The maximum atomic E-state index is 11.6. The van der Waals surface area contributed by atoms with E-state index >= 15 is 0 Å². The van der Waals surface area contributed by atoms with E-state index in [0.29, 0.717) is 16.7 Å². The highest BCUT2D eigenvalue weighted by Gasteiger charge is 2.28. The molecule has 16 heavy (non-hydrogen) atoms. The number of rotatable bonds is 2. The topological polar surface area (TPSA) is 79.3 Å². The third-order valence-electron chi connectivity index (χ3n) is 2.43. The standard InChI is InChI=1S/C10H9BrN2O3/c11-8-2-1-6-7(12-8)3-5(4-9(14)15)10(16)13-6/h1-2,5H,3-4H2,(H,13,16)(H,14,15). The van der Waals surface area contributed by atoms with Gasteiger partial charge in [0.2, 0.25) is 5.91 Å². The van der Waals surface area contributed by atoms with Gasteiger partial charge in [0.05, 0.1) is 23.7 Å². The van der Waals surface area contributed by atoms with E-state index in [2.05, 4.69) is 26.2 Å². The van der Waals surface area contributed by atoms with E-state index < -0.39 is 11.9 Å². The van der Waals surface area contributed by atoms with Crippen molar-refractivity contribution >= 4 is 33.5 Å². The lowest BCUT2D eigenvalue weighted by molar-refractivity contribution is -0.140. The van der Waals surface area contributed by atoms with Crippen LogP contribution < -0.4 is 5.32 Å². The molecule has 2 heterocycles.